The van der Waals surface area contributed by atoms with Crippen molar-refractivity contribution in [3.63, 3.8) is 0 Å². The Morgan fingerprint density at radius 3 is 2.62 bits per heavy atom. The fraction of sp³-hybridized carbons (Fsp3) is 0.105. The van der Waals surface area contributed by atoms with Crippen LogP contribution in [0.4, 0.5) is 0 Å². The highest BCUT2D eigenvalue weighted by molar-refractivity contribution is 5.81. The second kappa shape index (κ2) is 5.77. The summed E-state index contributed by atoms with van der Waals surface area (Å²) in [7, 11) is 0. The van der Waals surface area contributed by atoms with Crippen LogP contribution in [0.5, 0.6) is 11.6 Å². The molecule has 0 spiro atoms. The van der Waals surface area contributed by atoms with Gasteiger partial charge in [-0.2, -0.15) is 5.10 Å². The van der Waals surface area contributed by atoms with E-state index in [9.17, 15) is 0 Å². The lowest BCUT2D eigenvalue weighted by Crippen LogP contribution is -1.98. The number of hydrogen-bond acceptors (Lipinski definition) is 4. The first-order valence-electron chi connectivity index (χ1n) is 7.71. The Morgan fingerprint density at radius 1 is 0.958 bits per heavy atom. The predicted molar refractivity (Wildman–Crippen MR) is 92.7 cm³/mol. The van der Waals surface area contributed by atoms with Crippen molar-refractivity contribution in [3.8, 4) is 17.3 Å². The van der Waals surface area contributed by atoms with Gasteiger partial charge in [0, 0.05) is 0 Å². The smallest absolute Gasteiger partial charge is 0.233 e. The normalized spacial score (nSPS) is 10.9. The summed E-state index contributed by atoms with van der Waals surface area (Å²) >= 11 is 0. The third-order valence-corrected chi connectivity index (χ3v) is 3.88. The molecule has 5 heteroatoms. The minimum Gasteiger partial charge on any atom is -0.438 e. The number of aryl methyl sites for hydroxylation is 2. The molecule has 2 aromatic carbocycles. The number of nitrogens with zero attached hydrogens (tertiary/aromatic N) is 4. The molecule has 24 heavy (non-hydrogen) atoms. The van der Waals surface area contributed by atoms with Crippen LogP contribution >= 0.6 is 0 Å². The van der Waals surface area contributed by atoms with Crippen LogP contribution in [0.3, 0.4) is 0 Å². The quantitative estimate of drug-likeness (QED) is 0.568. The molecule has 0 aliphatic carbocycles. The van der Waals surface area contributed by atoms with Gasteiger partial charge in [0.2, 0.25) is 5.88 Å². The Morgan fingerprint density at radius 2 is 1.79 bits per heavy atom. The molecule has 0 aliphatic heterocycles. The van der Waals surface area contributed by atoms with Crippen LogP contribution in [0.15, 0.2) is 61.1 Å². The molecule has 4 aromatic rings. The zero-order valence-electron chi connectivity index (χ0n) is 13.5. The number of para-hydroxylation sites is 1. The third-order valence-electron chi connectivity index (χ3n) is 3.88. The lowest BCUT2D eigenvalue weighted by molar-refractivity contribution is 0.464. The summed E-state index contributed by atoms with van der Waals surface area (Å²) in [6, 6.07) is 16.0. The number of ether oxygens (including phenoxy) is 1. The summed E-state index contributed by atoms with van der Waals surface area (Å²) in [5, 5.41) is 5.22. The van der Waals surface area contributed by atoms with Gasteiger partial charge in [0.25, 0.3) is 0 Å². The van der Waals surface area contributed by atoms with E-state index in [0.29, 0.717) is 5.88 Å². The molecule has 0 amide bonds. The summed E-state index contributed by atoms with van der Waals surface area (Å²) in [5.41, 5.74) is 3.86. The summed E-state index contributed by atoms with van der Waals surface area (Å²) in [4.78, 5) is 8.66. The molecule has 0 unspecified atom stereocenters. The second-order valence-corrected chi connectivity index (χ2v) is 5.68. The number of rotatable bonds is 3. The first-order chi connectivity index (χ1) is 11.7. The van der Waals surface area contributed by atoms with Crippen molar-refractivity contribution >= 4 is 11.0 Å². The van der Waals surface area contributed by atoms with Crippen LogP contribution in [0.2, 0.25) is 0 Å². The van der Waals surface area contributed by atoms with Gasteiger partial charge in [0.1, 0.15) is 17.5 Å². The van der Waals surface area contributed by atoms with Gasteiger partial charge in [-0.1, -0.05) is 30.3 Å². The van der Waals surface area contributed by atoms with Gasteiger partial charge in [0.15, 0.2) is 5.65 Å². The third kappa shape index (κ3) is 2.50. The van der Waals surface area contributed by atoms with Gasteiger partial charge in [-0.25, -0.2) is 14.6 Å². The summed E-state index contributed by atoms with van der Waals surface area (Å²) in [6.45, 7) is 4.05. The Labute approximate surface area is 139 Å². The van der Waals surface area contributed by atoms with E-state index in [1.165, 1.54) is 6.33 Å². The van der Waals surface area contributed by atoms with Crippen molar-refractivity contribution in [2.24, 2.45) is 0 Å². The van der Waals surface area contributed by atoms with E-state index in [1.54, 1.807) is 10.9 Å². The molecule has 2 heterocycles. The maximum Gasteiger partial charge on any atom is 0.233 e. The fourth-order valence-electron chi connectivity index (χ4n) is 2.58. The largest absolute Gasteiger partial charge is 0.438 e. The molecular weight excluding hydrogens is 300 g/mol. The maximum atomic E-state index is 6.05. The molecule has 0 aliphatic rings. The lowest BCUT2D eigenvalue weighted by Gasteiger charge is -2.09. The maximum absolute atomic E-state index is 6.05. The van der Waals surface area contributed by atoms with Gasteiger partial charge in [-0.15, -0.1) is 0 Å². The standard InChI is InChI=1S/C19H16N4O/c1-13-8-9-14(2)17(10-13)24-19-16-11-22-23(18(16)20-12-21-19)15-6-4-3-5-7-15/h3-12H,1-2H3. The predicted octanol–water partition coefficient (Wildman–Crippen LogP) is 4.22. The fourth-order valence-corrected chi connectivity index (χ4v) is 2.58. The van der Waals surface area contributed by atoms with E-state index < -0.39 is 0 Å². The highest BCUT2D eigenvalue weighted by Crippen LogP contribution is 2.30. The minimum absolute atomic E-state index is 0.510. The molecule has 0 bridgehead atoms. The van der Waals surface area contributed by atoms with E-state index in [0.717, 1.165) is 33.6 Å². The summed E-state index contributed by atoms with van der Waals surface area (Å²) < 4.78 is 7.83. The lowest BCUT2D eigenvalue weighted by atomic mass is 10.1. The molecule has 2 aromatic heterocycles. The number of hydrogen-bond donors (Lipinski definition) is 0. The molecule has 0 atom stereocenters. The van der Waals surface area contributed by atoms with Gasteiger partial charge in [-0.3, -0.25) is 0 Å². The molecule has 5 nitrogen and oxygen atoms in total. The van der Waals surface area contributed by atoms with Crippen molar-refractivity contribution in [3.05, 3.63) is 72.2 Å². The minimum atomic E-state index is 0.510. The van der Waals surface area contributed by atoms with Gasteiger partial charge in [0.05, 0.1) is 11.9 Å². The topological polar surface area (TPSA) is 52.8 Å². The van der Waals surface area contributed by atoms with Crippen LogP contribution in [0, 0.1) is 13.8 Å². The molecule has 4 rings (SSSR count). The first kappa shape index (κ1) is 14.4. The van der Waals surface area contributed by atoms with E-state index in [2.05, 4.69) is 21.1 Å². The van der Waals surface area contributed by atoms with Crippen LogP contribution in [-0.2, 0) is 0 Å². The summed E-state index contributed by atoms with van der Waals surface area (Å²) in [5.74, 6) is 1.30. The molecule has 0 saturated heterocycles. The highest BCUT2D eigenvalue weighted by Gasteiger charge is 2.13. The van der Waals surface area contributed by atoms with Crippen molar-refractivity contribution in [1.82, 2.24) is 19.7 Å². The van der Waals surface area contributed by atoms with Crippen LogP contribution in [0.25, 0.3) is 16.7 Å². The average Bonchev–Trinajstić information content (AvgIpc) is 3.04. The Kier molecular flexibility index (Phi) is 3.46. The number of fused-ring (bicyclic) bond motifs is 1. The molecule has 0 radical (unpaired) electrons. The van der Waals surface area contributed by atoms with Gasteiger partial charge >= 0.3 is 0 Å². The van der Waals surface area contributed by atoms with Crippen LogP contribution in [-0.4, -0.2) is 19.7 Å². The SMILES string of the molecule is Cc1ccc(C)c(Oc2ncnc3c2cnn3-c2ccccc2)c1. The Hall–Kier alpha value is -3.21. The zero-order valence-corrected chi connectivity index (χ0v) is 13.5. The van der Waals surface area contributed by atoms with Gasteiger partial charge in [-0.05, 0) is 43.2 Å². The first-order valence-corrected chi connectivity index (χ1v) is 7.71. The van der Waals surface area contributed by atoms with E-state index in [-0.39, 0.29) is 0 Å². The van der Waals surface area contributed by atoms with Crippen molar-refractivity contribution in [2.75, 3.05) is 0 Å². The van der Waals surface area contributed by atoms with Crippen LogP contribution < -0.4 is 4.74 Å². The van der Waals surface area contributed by atoms with Crippen molar-refractivity contribution in [2.45, 2.75) is 13.8 Å². The Balaban J connectivity index is 1.80. The molecule has 0 N–H and O–H groups in total. The molecule has 0 fully saturated rings. The van der Waals surface area contributed by atoms with Gasteiger partial charge < -0.3 is 4.74 Å². The number of aromatic nitrogens is 4. The molecule has 118 valence electrons. The number of benzene rings is 2. The van der Waals surface area contributed by atoms with E-state index >= 15 is 0 Å². The van der Waals surface area contributed by atoms with E-state index in [1.807, 2.05) is 56.3 Å². The van der Waals surface area contributed by atoms with Crippen molar-refractivity contribution < 1.29 is 4.74 Å². The van der Waals surface area contributed by atoms with Crippen LogP contribution in [0.1, 0.15) is 11.1 Å². The monoisotopic (exact) mass is 316 g/mol. The zero-order chi connectivity index (χ0) is 16.5. The Bertz CT molecular complexity index is 1010. The molecular formula is C19H16N4O. The van der Waals surface area contributed by atoms with Crippen molar-refractivity contribution in [1.29, 1.82) is 0 Å². The van der Waals surface area contributed by atoms with E-state index in [4.69, 9.17) is 4.74 Å². The highest BCUT2D eigenvalue weighted by atomic mass is 16.5. The second-order valence-electron chi connectivity index (χ2n) is 5.68. The molecule has 0 saturated carbocycles. The average molecular weight is 316 g/mol. The summed E-state index contributed by atoms with van der Waals surface area (Å²) in [6.07, 6.45) is 3.24.